The summed E-state index contributed by atoms with van der Waals surface area (Å²) < 4.78 is 10.5. The lowest BCUT2D eigenvalue weighted by molar-refractivity contribution is 0.414. The predicted molar refractivity (Wildman–Crippen MR) is 116 cm³/mol. The zero-order valence-electron chi connectivity index (χ0n) is 16.3. The van der Waals surface area contributed by atoms with Crippen LogP contribution in [-0.2, 0) is 6.54 Å². The summed E-state index contributed by atoms with van der Waals surface area (Å²) in [7, 11) is 3.32. The van der Waals surface area contributed by atoms with Crippen molar-refractivity contribution >= 4 is 28.1 Å². The molecule has 29 heavy (non-hydrogen) atoms. The van der Waals surface area contributed by atoms with Crippen LogP contribution < -0.4 is 20.1 Å². The Hall–Kier alpha value is -3.80. The number of fused-ring (bicyclic) bond motifs is 1. The average Bonchev–Trinajstić information content (AvgIpc) is 2.78. The van der Waals surface area contributed by atoms with Gasteiger partial charge in [0.25, 0.3) is 0 Å². The van der Waals surface area contributed by atoms with Gasteiger partial charge in [-0.2, -0.15) is 0 Å². The van der Waals surface area contributed by atoms with Gasteiger partial charge in [-0.1, -0.05) is 18.2 Å². The highest BCUT2D eigenvalue weighted by atomic mass is 16.5. The molecule has 0 saturated heterocycles. The summed E-state index contributed by atoms with van der Waals surface area (Å²) >= 11 is 0. The maximum Gasteiger partial charge on any atom is 0.139 e. The van der Waals surface area contributed by atoms with Crippen LogP contribution in [0.3, 0.4) is 0 Å². The number of methoxy groups -OCH3 is 2. The Labute approximate surface area is 169 Å². The fraction of sp³-hybridized carbons (Fsp3) is 0.130. The van der Waals surface area contributed by atoms with Gasteiger partial charge in [0.15, 0.2) is 0 Å². The monoisotopic (exact) mass is 386 g/mol. The predicted octanol–water partition coefficient (Wildman–Crippen LogP) is 5.00. The molecule has 2 N–H and O–H groups in total. The van der Waals surface area contributed by atoms with Crippen molar-refractivity contribution in [3.05, 3.63) is 78.6 Å². The van der Waals surface area contributed by atoms with Gasteiger partial charge in [0.1, 0.15) is 23.6 Å². The molecule has 1 aromatic heterocycles. The van der Waals surface area contributed by atoms with E-state index < -0.39 is 0 Å². The number of hydrogen-bond donors (Lipinski definition) is 2. The first-order chi connectivity index (χ1) is 14.3. The van der Waals surface area contributed by atoms with Crippen LogP contribution in [0.1, 0.15) is 5.56 Å². The highest BCUT2D eigenvalue weighted by Gasteiger charge is 2.09. The van der Waals surface area contributed by atoms with Crippen LogP contribution in [0, 0.1) is 0 Å². The van der Waals surface area contributed by atoms with Gasteiger partial charge in [0.05, 0.1) is 30.8 Å². The highest BCUT2D eigenvalue weighted by Crippen LogP contribution is 2.31. The summed E-state index contributed by atoms with van der Waals surface area (Å²) in [6, 6.07) is 21.8. The average molecular weight is 386 g/mol. The van der Waals surface area contributed by atoms with Gasteiger partial charge in [-0.15, -0.1) is 0 Å². The first-order valence-corrected chi connectivity index (χ1v) is 9.28. The van der Waals surface area contributed by atoms with Crippen molar-refractivity contribution in [2.45, 2.75) is 6.54 Å². The van der Waals surface area contributed by atoms with E-state index in [-0.39, 0.29) is 0 Å². The molecule has 0 fully saturated rings. The molecule has 0 aliphatic rings. The van der Waals surface area contributed by atoms with E-state index in [0.29, 0.717) is 6.54 Å². The Kier molecular flexibility index (Phi) is 5.42. The largest absolute Gasteiger partial charge is 0.497 e. The Morgan fingerprint density at radius 2 is 1.48 bits per heavy atom. The number of benzene rings is 3. The molecule has 0 bridgehead atoms. The van der Waals surface area contributed by atoms with Crippen molar-refractivity contribution in [2.75, 3.05) is 24.9 Å². The summed E-state index contributed by atoms with van der Waals surface area (Å²) in [6.45, 7) is 0.646. The lowest BCUT2D eigenvalue weighted by Crippen LogP contribution is -2.04. The van der Waals surface area contributed by atoms with Crippen molar-refractivity contribution in [3.8, 4) is 11.5 Å². The molecular formula is C23H22N4O2. The van der Waals surface area contributed by atoms with Gasteiger partial charge in [0, 0.05) is 12.2 Å². The van der Waals surface area contributed by atoms with Crippen molar-refractivity contribution in [3.63, 3.8) is 0 Å². The zero-order valence-corrected chi connectivity index (χ0v) is 16.3. The molecule has 0 aliphatic heterocycles. The Balaban J connectivity index is 1.61. The third kappa shape index (κ3) is 4.21. The minimum atomic E-state index is 0.646. The van der Waals surface area contributed by atoms with Crippen LogP contribution in [0.25, 0.3) is 10.9 Å². The third-order valence-electron chi connectivity index (χ3n) is 4.65. The molecule has 1 heterocycles. The van der Waals surface area contributed by atoms with Crippen molar-refractivity contribution in [2.24, 2.45) is 0 Å². The molecule has 6 nitrogen and oxygen atoms in total. The van der Waals surface area contributed by atoms with Crippen LogP contribution in [0.15, 0.2) is 73.1 Å². The minimum absolute atomic E-state index is 0.646. The zero-order chi connectivity index (χ0) is 20.1. The van der Waals surface area contributed by atoms with Crippen LogP contribution >= 0.6 is 0 Å². The van der Waals surface area contributed by atoms with E-state index in [1.165, 1.54) is 0 Å². The maximum absolute atomic E-state index is 5.23. The first kappa shape index (κ1) is 18.6. The highest BCUT2D eigenvalue weighted by molar-refractivity contribution is 6.00. The second-order valence-corrected chi connectivity index (χ2v) is 6.48. The molecule has 0 spiro atoms. The molecule has 0 radical (unpaired) electrons. The van der Waals surface area contributed by atoms with Crippen molar-refractivity contribution in [1.82, 2.24) is 9.97 Å². The number of rotatable bonds is 7. The summed E-state index contributed by atoms with van der Waals surface area (Å²) in [5.74, 6) is 2.44. The standard InChI is InChI=1S/C23H22N4O2/c1-28-18-10-6-16(7-11-18)14-24-23-22-20(25-15-26-23)4-3-5-21(22)27-17-8-12-19(29-2)13-9-17/h3-13,15,27H,14H2,1-2H3,(H,24,25,26). The summed E-state index contributed by atoms with van der Waals surface area (Å²) in [4.78, 5) is 8.90. The number of nitrogens with zero attached hydrogens (tertiary/aromatic N) is 2. The van der Waals surface area contributed by atoms with Crippen LogP contribution in [0.4, 0.5) is 17.2 Å². The molecule has 0 unspecified atom stereocenters. The molecular weight excluding hydrogens is 364 g/mol. The summed E-state index contributed by atoms with van der Waals surface area (Å²) in [6.07, 6.45) is 1.58. The topological polar surface area (TPSA) is 68.3 Å². The van der Waals surface area contributed by atoms with E-state index in [1.807, 2.05) is 66.7 Å². The van der Waals surface area contributed by atoms with E-state index in [1.54, 1.807) is 20.5 Å². The number of anilines is 3. The normalized spacial score (nSPS) is 10.6. The molecule has 3 aromatic carbocycles. The summed E-state index contributed by atoms with van der Waals surface area (Å²) in [5.41, 5.74) is 3.91. The first-order valence-electron chi connectivity index (χ1n) is 9.28. The number of ether oxygens (including phenoxy) is 2. The third-order valence-corrected chi connectivity index (χ3v) is 4.65. The van der Waals surface area contributed by atoms with E-state index in [9.17, 15) is 0 Å². The number of hydrogen-bond acceptors (Lipinski definition) is 6. The van der Waals surface area contributed by atoms with Gasteiger partial charge in [-0.25, -0.2) is 9.97 Å². The molecule has 6 heteroatoms. The fourth-order valence-corrected chi connectivity index (χ4v) is 3.11. The number of nitrogens with one attached hydrogen (secondary N) is 2. The van der Waals surface area contributed by atoms with Gasteiger partial charge < -0.3 is 20.1 Å². The molecule has 4 rings (SSSR count). The van der Waals surface area contributed by atoms with Crippen LogP contribution in [0.2, 0.25) is 0 Å². The Morgan fingerprint density at radius 3 is 2.17 bits per heavy atom. The smallest absolute Gasteiger partial charge is 0.139 e. The molecule has 0 aliphatic carbocycles. The minimum Gasteiger partial charge on any atom is -0.497 e. The molecule has 146 valence electrons. The van der Waals surface area contributed by atoms with Gasteiger partial charge in [-0.3, -0.25) is 0 Å². The fourth-order valence-electron chi connectivity index (χ4n) is 3.11. The van der Waals surface area contributed by atoms with Gasteiger partial charge >= 0.3 is 0 Å². The van der Waals surface area contributed by atoms with Crippen LogP contribution in [-0.4, -0.2) is 24.2 Å². The second kappa shape index (κ2) is 8.48. The number of aromatic nitrogens is 2. The molecule has 0 atom stereocenters. The molecule has 4 aromatic rings. The summed E-state index contributed by atoms with van der Waals surface area (Å²) in [5, 5.41) is 7.84. The van der Waals surface area contributed by atoms with E-state index in [2.05, 4.69) is 20.6 Å². The SMILES string of the molecule is COc1ccc(CNc2ncnc3cccc(Nc4ccc(OC)cc4)c23)cc1. The lowest BCUT2D eigenvalue weighted by Gasteiger charge is -2.14. The van der Waals surface area contributed by atoms with E-state index in [4.69, 9.17) is 9.47 Å². The van der Waals surface area contributed by atoms with Crippen molar-refractivity contribution in [1.29, 1.82) is 0 Å². The van der Waals surface area contributed by atoms with Crippen LogP contribution in [0.5, 0.6) is 11.5 Å². The quantitative estimate of drug-likeness (QED) is 0.466. The van der Waals surface area contributed by atoms with Crippen molar-refractivity contribution < 1.29 is 9.47 Å². The lowest BCUT2D eigenvalue weighted by atomic mass is 10.1. The molecule has 0 saturated carbocycles. The van der Waals surface area contributed by atoms with Gasteiger partial charge in [0.2, 0.25) is 0 Å². The second-order valence-electron chi connectivity index (χ2n) is 6.48. The Bertz CT molecular complexity index is 1090. The molecule has 0 amide bonds. The Morgan fingerprint density at radius 1 is 0.793 bits per heavy atom. The van der Waals surface area contributed by atoms with Gasteiger partial charge in [-0.05, 0) is 54.1 Å². The van der Waals surface area contributed by atoms with E-state index >= 15 is 0 Å². The maximum atomic E-state index is 5.23. The van der Waals surface area contributed by atoms with E-state index in [0.717, 1.165) is 45.2 Å².